The Balaban J connectivity index is -0.000000500. The molecule has 0 aliphatic rings. The Kier molecular flexibility index (Phi) is 11.7. The van der Waals surface area contributed by atoms with E-state index in [9.17, 15) is 4.79 Å². The van der Waals surface area contributed by atoms with E-state index in [1.165, 1.54) is 6.08 Å². The quantitative estimate of drug-likeness (QED) is 0.437. The Bertz CT molecular complexity index is 152. The number of quaternary nitrogens is 1. The van der Waals surface area contributed by atoms with Crippen molar-refractivity contribution in [1.29, 1.82) is 0 Å². The lowest BCUT2D eigenvalue weighted by molar-refractivity contribution is -0.870. The zero-order valence-corrected chi connectivity index (χ0v) is 9.60. The first-order valence-corrected chi connectivity index (χ1v) is 3.91. The summed E-state index contributed by atoms with van der Waals surface area (Å²) in [5.74, 6) is 0.151. The van der Waals surface area contributed by atoms with Crippen molar-refractivity contribution in [2.24, 2.45) is 0 Å². The van der Waals surface area contributed by atoms with Crippen LogP contribution in [-0.2, 0) is 4.79 Å². The van der Waals surface area contributed by atoms with Gasteiger partial charge in [0.1, 0.15) is 0 Å². The predicted molar refractivity (Wildman–Crippen MR) is 52.4 cm³/mol. The van der Waals surface area contributed by atoms with Crippen LogP contribution < -0.4 is 18.6 Å². The number of halogens is 1. The van der Waals surface area contributed by atoms with E-state index in [0.29, 0.717) is 6.42 Å². The van der Waals surface area contributed by atoms with Gasteiger partial charge < -0.3 is 23.0 Å². The van der Waals surface area contributed by atoms with E-state index in [4.69, 9.17) is 0 Å². The summed E-state index contributed by atoms with van der Waals surface area (Å²) >= 11 is 0. The van der Waals surface area contributed by atoms with Crippen molar-refractivity contribution < 1.29 is 21.7 Å². The van der Waals surface area contributed by atoms with Gasteiger partial charge in [0.2, 0.25) is 0 Å². The molecule has 0 amide bonds. The van der Waals surface area contributed by atoms with Gasteiger partial charge in [0.05, 0.1) is 27.7 Å². The maximum Gasteiger partial charge on any atom is 0.155 e. The highest BCUT2D eigenvalue weighted by atomic mass is 35.5. The van der Waals surface area contributed by atoms with Gasteiger partial charge in [0.15, 0.2) is 5.78 Å². The summed E-state index contributed by atoms with van der Waals surface area (Å²) in [7, 11) is 6.37. The molecule has 3 nitrogen and oxygen atoms in total. The summed E-state index contributed by atoms with van der Waals surface area (Å²) in [5, 5.41) is 0. The van der Waals surface area contributed by atoms with Crippen molar-refractivity contribution in [2.75, 3.05) is 27.7 Å². The molecule has 0 unspecified atom stereocenters. The summed E-state index contributed by atoms with van der Waals surface area (Å²) in [6, 6.07) is 0. The maximum atomic E-state index is 10.8. The molecule has 0 saturated carbocycles. The van der Waals surface area contributed by atoms with Crippen molar-refractivity contribution >= 4 is 5.78 Å². The third-order valence-corrected chi connectivity index (χ3v) is 1.48. The number of carbonyl (C=O) groups is 1. The SMILES string of the molecule is C=CC(=O)CCC[N+](C)(C)C.N.[Cl-]. The van der Waals surface area contributed by atoms with Crippen molar-refractivity contribution in [2.45, 2.75) is 12.8 Å². The fourth-order valence-electron chi connectivity index (χ4n) is 0.830. The first kappa shape index (κ1) is 18.4. The number of ketones is 1. The zero-order valence-electron chi connectivity index (χ0n) is 8.85. The van der Waals surface area contributed by atoms with Crippen LogP contribution in [0.25, 0.3) is 0 Å². The molecule has 0 aromatic heterocycles. The van der Waals surface area contributed by atoms with Crippen molar-refractivity contribution in [1.82, 2.24) is 6.15 Å². The van der Waals surface area contributed by atoms with E-state index < -0.39 is 0 Å². The number of hydrogen-bond acceptors (Lipinski definition) is 2. The minimum absolute atomic E-state index is 0. The van der Waals surface area contributed by atoms with Crippen molar-refractivity contribution in [3.05, 3.63) is 12.7 Å². The average molecular weight is 209 g/mol. The Labute approximate surface area is 87.4 Å². The average Bonchev–Trinajstić information content (AvgIpc) is 1.85. The van der Waals surface area contributed by atoms with Crippen LogP contribution in [0.3, 0.4) is 0 Å². The van der Waals surface area contributed by atoms with E-state index in [1.807, 2.05) is 0 Å². The molecule has 13 heavy (non-hydrogen) atoms. The minimum Gasteiger partial charge on any atom is -1.00 e. The molecule has 0 aromatic carbocycles. The van der Waals surface area contributed by atoms with Gasteiger partial charge in [-0.25, -0.2) is 0 Å². The van der Waals surface area contributed by atoms with Gasteiger partial charge in [0.25, 0.3) is 0 Å². The van der Waals surface area contributed by atoms with E-state index in [2.05, 4.69) is 27.7 Å². The molecule has 0 rings (SSSR count). The third kappa shape index (κ3) is 14.5. The third-order valence-electron chi connectivity index (χ3n) is 1.48. The minimum atomic E-state index is 0. The number of nitrogens with zero attached hydrogens (tertiary/aromatic N) is 1. The second-order valence-corrected chi connectivity index (χ2v) is 3.79. The van der Waals surface area contributed by atoms with Crippen molar-refractivity contribution in [3.63, 3.8) is 0 Å². The first-order valence-electron chi connectivity index (χ1n) is 3.91. The van der Waals surface area contributed by atoms with Crippen LogP contribution >= 0.6 is 0 Å². The highest BCUT2D eigenvalue weighted by Gasteiger charge is 2.06. The summed E-state index contributed by atoms with van der Waals surface area (Å²) in [5.41, 5.74) is 0. The van der Waals surface area contributed by atoms with Crippen LogP contribution in [0.5, 0.6) is 0 Å². The molecule has 0 radical (unpaired) electrons. The fraction of sp³-hybridized carbons (Fsp3) is 0.667. The van der Waals surface area contributed by atoms with Crippen LogP contribution in [0.2, 0.25) is 0 Å². The predicted octanol–water partition coefficient (Wildman–Crippen LogP) is -1.61. The smallest absolute Gasteiger partial charge is 0.155 e. The van der Waals surface area contributed by atoms with Crippen LogP contribution in [-0.4, -0.2) is 38.0 Å². The number of rotatable bonds is 5. The molecule has 0 fully saturated rings. The Morgan fingerprint density at radius 3 is 2.15 bits per heavy atom. The molecule has 0 aliphatic carbocycles. The molecule has 0 atom stereocenters. The molecule has 0 saturated heterocycles. The Morgan fingerprint density at radius 1 is 1.38 bits per heavy atom. The second kappa shape index (κ2) is 8.23. The molecule has 0 aliphatic heterocycles. The summed E-state index contributed by atoms with van der Waals surface area (Å²) in [6.07, 6.45) is 2.99. The maximum absolute atomic E-state index is 10.8. The molecular weight excluding hydrogens is 188 g/mol. The lowest BCUT2D eigenvalue weighted by Gasteiger charge is -2.23. The lowest BCUT2D eigenvalue weighted by Crippen LogP contribution is -3.00. The van der Waals surface area contributed by atoms with Crippen LogP contribution in [0, 0.1) is 0 Å². The van der Waals surface area contributed by atoms with Gasteiger partial charge in [0, 0.05) is 12.8 Å². The van der Waals surface area contributed by atoms with Gasteiger partial charge in [-0.1, -0.05) is 6.58 Å². The van der Waals surface area contributed by atoms with Crippen LogP contribution in [0.15, 0.2) is 12.7 Å². The van der Waals surface area contributed by atoms with Crippen LogP contribution in [0.1, 0.15) is 12.8 Å². The molecule has 0 bridgehead atoms. The monoisotopic (exact) mass is 208 g/mol. The number of allylic oxidation sites excluding steroid dienone is 1. The van der Waals surface area contributed by atoms with E-state index in [-0.39, 0.29) is 24.3 Å². The molecule has 3 N–H and O–H groups in total. The van der Waals surface area contributed by atoms with Crippen molar-refractivity contribution in [3.8, 4) is 0 Å². The van der Waals surface area contributed by atoms with Gasteiger partial charge in [-0.2, -0.15) is 0 Å². The van der Waals surface area contributed by atoms with Gasteiger partial charge in [-0.15, -0.1) is 0 Å². The van der Waals surface area contributed by atoms with E-state index in [1.54, 1.807) is 0 Å². The molecule has 80 valence electrons. The molecular formula is C9H21ClN2O. The number of carbonyl (C=O) groups excluding carboxylic acids is 1. The first-order chi connectivity index (χ1) is 4.95. The summed E-state index contributed by atoms with van der Waals surface area (Å²) < 4.78 is 0.921. The zero-order chi connectivity index (χ0) is 8.91. The van der Waals surface area contributed by atoms with Crippen LogP contribution in [0.4, 0.5) is 0 Å². The molecule has 0 heterocycles. The molecule has 0 spiro atoms. The second-order valence-electron chi connectivity index (χ2n) is 3.79. The summed E-state index contributed by atoms with van der Waals surface area (Å²) in [6.45, 7) is 4.46. The van der Waals surface area contributed by atoms with Gasteiger partial charge in [-0.3, -0.25) is 4.79 Å². The standard InChI is InChI=1S/C9H18NO.ClH.H3N/c1-5-9(11)7-6-8-10(2,3)4;;/h5H,1,6-8H2,2-4H3;1H;1H3/q+1;;/p-1. The van der Waals surface area contributed by atoms with E-state index >= 15 is 0 Å². The van der Waals surface area contributed by atoms with Gasteiger partial charge in [-0.05, 0) is 6.08 Å². The normalized spacial score (nSPS) is 9.46. The number of hydrogen-bond donors (Lipinski definition) is 1. The largest absolute Gasteiger partial charge is 1.00 e. The van der Waals surface area contributed by atoms with Gasteiger partial charge >= 0.3 is 0 Å². The Morgan fingerprint density at radius 2 is 1.85 bits per heavy atom. The Hall–Kier alpha value is -0.380. The topological polar surface area (TPSA) is 52.1 Å². The highest BCUT2D eigenvalue weighted by Crippen LogP contribution is 1.98. The molecule has 0 aromatic rings. The molecule has 4 heteroatoms. The highest BCUT2D eigenvalue weighted by molar-refractivity contribution is 5.88. The lowest BCUT2D eigenvalue weighted by atomic mass is 10.2. The summed E-state index contributed by atoms with van der Waals surface area (Å²) in [4.78, 5) is 10.8. The fourth-order valence-corrected chi connectivity index (χ4v) is 0.830. The van der Waals surface area contributed by atoms with E-state index in [0.717, 1.165) is 17.4 Å².